The van der Waals surface area contributed by atoms with Crippen molar-refractivity contribution in [2.45, 2.75) is 25.9 Å². The highest BCUT2D eigenvalue weighted by Gasteiger charge is 2.35. The second kappa shape index (κ2) is 4.66. The quantitative estimate of drug-likeness (QED) is 0.833. The maximum atomic E-state index is 11.8. The lowest BCUT2D eigenvalue weighted by atomic mass is 10.0. The Bertz CT molecular complexity index is 363. The van der Waals surface area contributed by atoms with Crippen LogP contribution in [-0.2, 0) is 11.3 Å². The summed E-state index contributed by atoms with van der Waals surface area (Å²) in [6, 6.07) is 10.4. The minimum absolute atomic E-state index is 0.229. The lowest BCUT2D eigenvalue weighted by Crippen LogP contribution is -2.34. The van der Waals surface area contributed by atoms with Crippen LogP contribution in [0.2, 0.25) is 0 Å². The first kappa shape index (κ1) is 11.1. The van der Waals surface area contributed by atoms with Crippen molar-refractivity contribution >= 4 is 5.91 Å². The Morgan fingerprint density at radius 2 is 2.06 bits per heavy atom. The molecule has 1 fully saturated rings. The third kappa shape index (κ3) is 2.09. The van der Waals surface area contributed by atoms with Crippen LogP contribution >= 0.6 is 0 Å². The van der Waals surface area contributed by atoms with E-state index in [0.717, 1.165) is 0 Å². The number of benzene rings is 1. The summed E-state index contributed by atoms with van der Waals surface area (Å²) < 4.78 is 0. The highest BCUT2D eigenvalue weighted by atomic mass is 16.2. The smallest absolute Gasteiger partial charge is 0.223 e. The van der Waals surface area contributed by atoms with Crippen LogP contribution in [-0.4, -0.2) is 23.4 Å². The summed E-state index contributed by atoms with van der Waals surface area (Å²) in [6.07, 6.45) is 0.602. The van der Waals surface area contributed by atoms with E-state index in [1.165, 1.54) is 5.56 Å². The molecule has 2 N–H and O–H groups in total. The number of nitrogens with zero attached hydrogens (tertiary/aromatic N) is 1. The molecule has 0 aliphatic carbocycles. The van der Waals surface area contributed by atoms with E-state index in [2.05, 4.69) is 19.1 Å². The van der Waals surface area contributed by atoms with Gasteiger partial charge in [-0.05, 0) is 19.0 Å². The maximum Gasteiger partial charge on any atom is 0.223 e. The number of carbonyl (C=O) groups excluding carboxylic acids is 1. The zero-order chi connectivity index (χ0) is 11.5. The van der Waals surface area contributed by atoms with Crippen LogP contribution in [0.5, 0.6) is 0 Å². The largest absolute Gasteiger partial charge is 0.335 e. The SMILES string of the molecule is CC1C(CN)CC(=O)N1Cc1ccccc1. The monoisotopic (exact) mass is 218 g/mol. The molecule has 1 aromatic rings. The molecule has 0 bridgehead atoms. The average Bonchev–Trinajstić information content (AvgIpc) is 2.58. The average molecular weight is 218 g/mol. The predicted octanol–water partition coefficient (Wildman–Crippen LogP) is 1.38. The van der Waals surface area contributed by atoms with Gasteiger partial charge in [-0.15, -0.1) is 0 Å². The van der Waals surface area contributed by atoms with Crippen LogP contribution in [0, 0.1) is 5.92 Å². The van der Waals surface area contributed by atoms with E-state index in [1.54, 1.807) is 0 Å². The van der Waals surface area contributed by atoms with E-state index in [-0.39, 0.29) is 11.9 Å². The van der Waals surface area contributed by atoms with Gasteiger partial charge in [0.1, 0.15) is 0 Å². The third-order valence-electron chi connectivity index (χ3n) is 3.43. The molecule has 1 heterocycles. The van der Waals surface area contributed by atoms with E-state index < -0.39 is 0 Å². The summed E-state index contributed by atoms with van der Waals surface area (Å²) in [5.41, 5.74) is 6.84. The molecule has 1 aliphatic heterocycles. The van der Waals surface area contributed by atoms with E-state index in [1.807, 2.05) is 23.1 Å². The number of amides is 1. The maximum absolute atomic E-state index is 11.8. The van der Waals surface area contributed by atoms with E-state index in [4.69, 9.17) is 5.73 Å². The van der Waals surface area contributed by atoms with Crippen LogP contribution in [0.4, 0.5) is 0 Å². The molecule has 1 aromatic carbocycles. The molecule has 0 saturated carbocycles. The predicted molar refractivity (Wildman–Crippen MR) is 63.6 cm³/mol. The molecule has 1 aliphatic rings. The summed E-state index contributed by atoms with van der Waals surface area (Å²) in [6.45, 7) is 3.39. The van der Waals surface area contributed by atoms with Crippen LogP contribution in [0.1, 0.15) is 18.9 Å². The van der Waals surface area contributed by atoms with Gasteiger partial charge < -0.3 is 10.6 Å². The summed E-state index contributed by atoms with van der Waals surface area (Å²) in [4.78, 5) is 13.8. The van der Waals surface area contributed by atoms with Crippen LogP contribution in [0.15, 0.2) is 30.3 Å². The Morgan fingerprint density at radius 1 is 1.38 bits per heavy atom. The minimum Gasteiger partial charge on any atom is -0.335 e. The Balaban J connectivity index is 2.08. The Labute approximate surface area is 96.2 Å². The van der Waals surface area contributed by atoms with Gasteiger partial charge in [0, 0.05) is 24.9 Å². The minimum atomic E-state index is 0.229. The van der Waals surface area contributed by atoms with Gasteiger partial charge in [-0.2, -0.15) is 0 Å². The molecule has 1 saturated heterocycles. The molecule has 0 radical (unpaired) electrons. The Morgan fingerprint density at radius 3 is 2.62 bits per heavy atom. The van der Waals surface area contributed by atoms with Crippen LogP contribution < -0.4 is 5.73 Å². The fraction of sp³-hybridized carbons (Fsp3) is 0.462. The van der Waals surface area contributed by atoms with Gasteiger partial charge >= 0.3 is 0 Å². The van der Waals surface area contributed by atoms with E-state index in [0.29, 0.717) is 25.4 Å². The van der Waals surface area contributed by atoms with E-state index >= 15 is 0 Å². The first-order valence-electron chi connectivity index (χ1n) is 5.76. The molecule has 2 atom stereocenters. The van der Waals surface area contributed by atoms with Gasteiger partial charge in [0.2, 0.25) is 5.91 Å². The van der Waals surface area contributed by atoms with Crippen LogP contribution in [0.25, 0.3) is 0 Å². The van der Waals surface area contributed by atoms with Crippen molar-refractivity contribution in [3.05, 3.63) is 35.9 Å². The Kier molecular flexibility index (Phi) is 3.25. The van der Waals surface area contributed by atoms with Crippen molar-refractivity contribution in [3.63, 3.8) is 0 Å². The summed E-state index contributed by atoms with van der Waals surface area (Å²) >= 11 is 0. The molecule has 0 spiro atoms. The van der Waals surface area contributed by atoms with Gasteiger partial charge in [-0.1, -0.05) is 30.3 Å². The van der Waals surface area contributed by atoms with Gasteiger partial charge in [-0.25, -0.2) is 0 Å². The topological polar surface area (TPSA) is 46.3 Å². The zero-order valence-electron chi connectivity index (χ0n) is 9.60. The summed E-state index contributed by atoms with van der Waals surface area (Å²) in [7, 11) is 0. The summed E-state index contributed by atoms with van der Waals surface area (Å²) in [5, 5.41) is 0. The normalized spacial score (nSPS) is 25.1. The van der Waals surface area contributed by atoms with E-state index in [9.17, 15) is 4.79 Å². The van der Waals surface area contributed by atoms with Gasteiger partial charge in [0.25, 0.3) is 0 Å². The van der Waals surface area contributed by atoms with Gasteiger partial charge in [0.05, 0.1) is 0 Å². The molecule has 1 amide bonds. The molecular formula is C13H18N2O. The third-order valence-corrected chi connectivity index (χ3v) is 3.43. The lowest BCUT2D eigenvalue weighted by molar-refractivity contribution is -0.129. The zero-order valence-corrected chi connectivity index (χ0v) is 9.60. The molecule has 86 valence electrons. The number of hydrogen-bond acceptors (Lipinski definition) is 2. The Hall–Kier alpha value is -1.35. The van der Waals surface area contributed by atoms with Crippen molar-refractivity contribution in [2.24, 2.45) is 11.7 Å². The lowest BCUT2D eigenvalue weighted by Gasteiger charge is -2.24. The van der Waals surface area contributed by atoms with Gasteiger partial charge in [-0.3, -0.25) is 4.79 Å². The number of carbonyl (C=O) groups is 1. The molecule has 2 unspecified atom stereocenters. The number of likely N-dealkylation sites (tertiary alicyclic amines) is 1. The highest BCUT2D eigenvalue weighted by Crippen LogP contribution is 2.26. The van der Waals surface area contributed by atoms with Crippen LogP contribution in [0.3, 0.4) is 0 Å². The highest BCUT2D eigenvalue weighted by molar-refractivity contribution is 5.79. The number of nitrogens with two attached hydrogens (primary N) is 1. The fourth-order valence-electron chi connectivity index (χ4n) is 2.29. The molecule has 16 heavy (non-hydrogen) atoms. The first-order valence-corrected chi connectivity index (χ1v) is 5.76. The van der Waals surface area contributed by atoms with Crippen molar-refractivity contribution in [2.75, 3.05) is 6.54 Å². The second-order valence-electron chi connectivity index (χ2n) is 4.45. The molecule has 3 nitrogen and oxygen atoms in total. The standard InChI is InChI=1S/C13H18N2O/c1-10-12(8-14)7-13(16)15(10)9-11-5-3-2-4-6-11/h2-6,10,12H,7-9,14H2,1H3. The molecular weight excluding hydrogens is 200 g/mol. The van der Waals surface area contributed by atoms with Gasteiger partial charge in [0.15, 0.2) is 0 Å². The van der Waals surface area contributed by atoms with Crippen molar-refractivity contribution in [1.29, 1.82) is 0 Å². The fourth-order valence-corrected chi connectivity index (χ4v) is 2.29. The summed E-state index contributed by atoms with van der Waals surface area (Å²) in [5.74, 6) is 0.544. The van der Waals surface area contributed by atoms with Crippen molar-refractivity contribution in [3.8, 4) is 0 Å². The number of hydrogen-bond donors (Lipinski definition) is 1. The number of rotatable bonds is 3. The molecule has 2 rings (SSSR count). The van der Waals surface area contributed by atoms with Crippen molar-refractivity contribution in [1.82, 2.24) is 4.90 Å². The molecule has 3 heteroatoms. The molecule has 0 aromatic heterocycles. The first-order chi connectivity index (χ1) is 7.72. The van der Waals surface area contributed by atoms with Crippen molar-refractivity contribution < 1.29 is 4.79 Å². The second-order valence-corrected chi connectivity index (χ2v) is 4.45.